The maximum absolute atomic E-state index is 10.1. The fraction of sp³-hybridized carbons (Fsp3) is 1.00. The van der Waals surface area contributed by atoms with Crippen LogP contribution in [-0.4, -0.2) is 22.4 Å². The predicted molar refractivity (Wildman–Crippen MR) is 44.6 cm³/mol. The van der Waals surface area contributed by atoms with Crippen LogP contribution in [0.5, 0.6) is 0 Å². The second kappa shape index (κ2) is 1.49. The van der Waals surface area contributed by atoms with E-state index in [9.17, 15) is 10.2 Å². The van der Waals surface area contributed by atoms with E-state index in [0.717, 1.165) is 23.7 Å². The average Bonchev–Trinajstić information content (AvgIpc) is 2.52. The van der Waals surface area contributed by atoms with Gasteiger partial charge in [-0.1, -0.05) is 0 Å². The van der Waals surface area contributed by atoms with Crippen molar-refractivity contribution < 1.29 is 10.2 Å². The molecule has 0 aliphatic heterocycles. The van der Waals surface area contributed by atoms with E-state index >= 15 is 0 Å². The topological polar surface area (TPSA) is 40.5 Å². The minimum absolute atomic E-state index is 0.0304. The molecule has 2 bridgehead atoms. The molecule has 5 aliphatic carbocycles. The zero-order valence-electron chi connectivity index (χ0n) is 7.38. The molecule has 70 valence electrons. The molecule has 0 amide bonds. The van der Waals surface area contributed by atoms with E-state index in [0.29, 0.717) is 23.7 Å². The lowest BCUT2D eigenvalue weighted by Gasteiger charge is -2.47. The van der Waals surface area contributed by atoms with E-state index in [-0.39, 0.29) is 12.2 Å². The van der Waals surface area contributed by atoms with E-state index < -0.39 is 0 Å². The molecule has 2 nitrogen and oxygen atoms in total. The van der Waals surface area contributed by atoms with Crippen molar-refractivity contribution in [2.75, 3.05) is 0 Å². The molecule has 2 N–H and O–H groups in total. The van der Waals surface area contributed by atoms with Gasteiger partial charge in [0.15, 0.2) is 0 Å². The van der Waals surface area contributed by atoms with Gasteiger partial charge in [0.25, 0.3) is 0 Å². The number of aliphatic hydroxyl groups excluding tert-OH is 2. The Labute approximate surface area is 76.9 Å². The van der Waals surface area contributed by atoms with Gasteiger partial charge in [-0.3, -0.25) is 0 Å². The molecule has 10 atom stereocenters. The van der Waals surface area contributed by atoms with Gasteiger partial charge in [0.2, 0.25) is 0 Å². The summed E-state index contributed by atoms with van der Waals surface area (Å²) in [6.45, 7) is 0. The summed E-state index contributed by atoms with van der Waals surface area (Å²) < 4.78 is 0. The minimum Gasteiger partial charge on any atom is -0.393 e. The molecule has 0 aromatic carbocycles. The normalized spacial score (nSPS) is 85.4. The fourth-order valence-corrected chi connectivity index (χ4v) is 6.44. The Morgan fingerprint density at radius 2 is 1.08 bits per heavy atom. The quantitative estimate of drug-likeness (QED) is 0.552. The van der Waals surface area contributed by atoms with Crippen LogP contribution in [0.2, 0.25) is 0 Å². The monoisotopic (exact) mass is 178 g/mol. The van der Waals surface area contributed by atoms with E-state index in [2.05, 4.69) is 0 Å². The van der Waals surface area contributed by atoms with Crippen molar-refractivity contribution in [3.05, 3.63) is 0 Å². The predicted octanol–water partition coefficient (Wildman–Crippen LogP) is 0.0959. The third-order valence-electron chi connectivity index (χ3n) is 6.32. The Kier molecular flexibility index (Phi) is 0.733. The number of hydrogen-bond donors (Lipinski definition) is 2. The molecule has 0 aromatic heterocycles. The Balaban J connectivity index is 1.83. The maximum Gasteiger partial charge on any atom is 0.0609 e. The van der Waals surface area contributed by atoms with Crippen molar-refractivity contribution >= 4 is 0 Å². The van der Waals surface area contributed by atoms with Gasteiger partial charge in [-0.15, -0.1) is 0 Å². The highest BCUT2D eigenvalue weighted by molar-refractivity contribution is 5.30. The van der Waals surface area contributed by atoms with Gasteiger partial charge in [0.1, 0.15) is 0 Å². The molecule has 0 heterocycles. The Morgan fingerprint density at radius 3 is 1.54 bits per heavy atom. The first-order chi connectivity index (χ1) is 6.30. The summed E-state index contributed by atoms with van der Waals surface area (Å²) in [6, 6.07) is 0. The molecule has 0 aromatic rings. The summed E-state index contributed by atoms with van der Waals surface area (Å²) in [7, 11) is 0. The molecular formula is C11H14O2. The lowest BCUT2D eigenvalue weighted by Crippen LogP contribution is -2.51. The van der Waals surface area contributed by atoms with Crippen LogP contribution in [0.25, 0.3) is 0 Å². The summed E-state index contributed by atoms with van der Waals surface area (Å²) in [5.41, 5.74) is 0. The summed E-state index contributed by atoms with van der Waals surface area (Å²) in [4.78, 5) is 0. The average molecular weight is 178 g/mol. The van der Waals surface area contributed by atoms with Crippen molar-refractivity contribution in [3.63, 3.8) is 0 Å². The van der Waals surface area contributed by atoms with E-state index in [4.69, 9.17) is 0 Å². The fourth-order valence-electron chi connectivity index (χ4n) is 6.44. The standard InChI is InChI=1S/C11H14O2/c12-10-6-2-1-3-5-4(2)8(10)9(5)11(13)7(3)6/h2-13H,1H2/t2-,3+,4-,5-,6-,7-,8+,9+,10+,11+/m1/s1. The lowest BCUT2D eigenvalue weighted by molar-refractivity contribution is -0.109. The van der Waals surface area contributed by atoms with Crippen LogP contribution in [0.3, 0.4) is 0 Å². The van der Waals surface area contributed by atoms with Gasteiger partial charge in [-0.25, -0.2) is 0 Å². The van der Waals surface area contributed by atoms with Crippen LogP contribution in [0.1, 0.15) is 6.42 Å². The third kappa shape index (κ3) is 0.375. The summed E-state index contributed by atoms with van der Waals surface area (Å²) in [6.07, 6.45) is 1.28. The van der Waals surface area contributed by atoms with Crippen LogP contribution >= 0.6 is 0 Å². The highest BCUT2D eigenvalue weighted by Gasteiger charge is 2.83. The first-order valence-corrected chi connectivity index (χ1v) is 5.67. The molecular weight excluding hydrogens is 164 g/mol. The highest BCUT2D eigenvalue weighted by Crippen LogP contribution is 2.82. The molecule has 5 saturated carbocycles. The Morgan fingerprint density at radius 1 is 0.615 bits per heavy atom. The zero-order chi connectivity index (χ0) is 8.48. The number of hydrogen-bond acceptors (Lipinski definition) is 2. The molecule has 5 fully saturated rings. The van der Waals surface area contributed by atoms with Crippen molar-refractivity contribution in [1.29, 1.82) is 0 Å². The Bertz CT molecular complexity index is 281. The molecule has 0 radical (unpaired) electrons. The zero-order valence-corrected chi connectivity index (χ0v) is 7.38. The van der Waals surface area contributed by atoms with Crippen molar-refractivity contribution in [2.45, 2.75) is 18.6 Å². The van der Waals surface area contributed by atoms with Gasteiger partial charge in [-0.05, 0) is 53.8 Å². The number of aliphatic hydroxyl groups is 2. The molecule has 0 unspecified atom stereocenters. The maximum atomic E-state index is 10.1. The van der Waals surface area contributed by atoms with Crippen LogP contribution in [-0.2, 0) is 0 Å². The van der Waals surface area contributed by atoms with E-state index in [1.165, 1.54) is 6.42 Å². The smallest absolute Gasteiger partial charge is 0.0609 e. The molecule has 2 heteroatoms. The largest absolute Gasteiger partial charge is 0.393 e. The van der Waals surface area contributed by atoms with E-state index in [1.54, 1.807) is 0 Å². The van der Waals surface area contributed by atoms with Gasteiger partial charge < -0.3 is 10.2 Å². The number of fused-ring (bicyclic) bond motifs is 2. The molecule has 13 heavy (non-hydrogen) atoms. The summed E-state index contributed by atoms with van der Waals surface area (Å²) >= 11 is 0. The van der Waals surface area contributed by atoms with Gasteiger partial charge in [0.05, 0.1) is 12.2 Å². The van der Waals surface area contributed by atoms with Crippen LogP contribution in [0.15, 0.2) is 0 Å². The summed E-state index contributed by atoms with van der Waals surface area (Å²) in [5.74, 6) is 5.33. The van der Waals surface area contributed by atoms with Crippen molar-refractivity contribution in [3.8, 4) is 0 Å². The molecule has 0 saturated heterocycles. The Hall–Kier alpha value is -0.0800. The van der Waals surface area contributed by atoms with Crippen LogP contribution < -0.4 is 0 Å². The van der Waals surface area contributed by atoms with Crippen molar-refractivity contribution in [2.24, 2.45) is 47.3 Å². The van der Waals surface area contributed by atoms with Crippen LogP contribution in [0, 0.1) is 47.3 Å². The highest BCUT2D eigenvalue weighted by atomic mass is 16.3. The molecule has 5 rings (SSSR count). The first-order valence-electron chi connectivity index (χ1n) is 5.67. The summed E-state index contributed by atoms with van der Waals surface area (Å²) in [5, 5.41) is 20.2. The van der Waals surface area contributed by atoms with E-state index in [1.807, 2.05) is 0 Å². The van der Waals surface area contributed by atoms with Gasteiger partial charge in [0, 0.05) is 0 Å². The first kappa shape index (κ1) is 6.41. The third-order valence-corrected chi connectivity index (χ3v) is 6.32. The minimum atomic E-state index is -0.0304. The lowest BCUT2D eigenvalue weighted by atomic mass is 9.58. The van der Waals surface area contributed by atoms with Gasteiger partial charge in [-0.2, -0.15) is 0 Å². The van der Waals surface area contributed by atoms with Gasteiger partial charge >= 0.3 is 0 Å². The number of rotatable bonds is 0. The van der Waals surface area contributed by atoms with Crippen molar-refractivity contribution in [1.82, 2.24) is 0 Å². The van der Waals surface area contributed by atoms with Crippen LogP contribution in [0.4, 0.5) is 0 Å². The second-order valence-electron chi connectivity index (χ2n) is 6.01. The molecule has 0 spiro atoms. The second-order valence-corrected chi connectivity index (χ2v) is 6.01. The SMILES string of the molecule is O[C@@H]1[C@@H]2[C@H]3[C@@H](O)[C@@H]4[C@H]5C[C@H]([C@@H]2[C@@H]53)[C@@H]14. The molecule has 5 aliphatic rings.